The van der Waals surface area contributed by atoms with E-state index in [1.165, 1.54) is 5.56 Å². The van der Waals surface area contributed by atoms with E-state index in [0.717, 1.165) is 41.7 Å². The monoisotopic (exact) mass is 325 g/mol. The Bertz CT molecular complexity index is 771. The number of aryl methyl sites for hydroxylation is 2. The molecule has 0 aliphatic carbocycles. The average Bonchev–Trinajstić information content (AvgIpc) is 2.53. The molecule has 0 radical (unpaired) electrons. The second kappa shape index (κ2) is 6.52. The van der Waals surface area contributed by atoms with Crippen molar-refractivity contribution >= 4 is 16.8 Å². The first-order valence-electron chi connectivity index (χ1n) is 8.70. The zero-order valence-electron chi connectivity index (χ0n) is 15.3. The summed E-state index contributed by atoms with van der Waals surface area (Å²) < 4.78 is 0. The maximum absolute atomic E-state index is 13.1. The van der Waals surface area contributed by atoms with Gasteiger partial charge in [-0.05, 0) is 57.5 Å². The molecule has 0 N–H and O–H groups in total. The molecule has 0 spiro atoms. The molecule has 128 valence electrons. The summed E-state index contributed by atoms with van der Waals surface area (Å²) in [7, 11) is 4.08. The molecule has 1 aromatic heterocycles. The number of fused-ring (bicyclic) bond motifs is 1. The van der Waals surface area contributed by atoms with Gasteiger partial charge >= 0.3 is 0 Å². The number of nitrogens with zero attached hydrogens (tertiary/aromatic N) is 3. The lowest BCUT2D eigenvalue weighted by Crippen LogP contribution is -2.49. The van der Waals surface area contributed by atoms with Crippen molar-refractivity contribution in [1.29, 1.82) is 0 Å². The number of hydrogen-bond donors (Lipinski definition) is 0. The minimum atomic E-state index is 0.0869. The number of carbonyl (C=O) groups excluding carboxylic acids is 1. The van der Waals surface area contributed by atoms with Gasteiger partial charge in [0.1, 0.15) is 0 Å². The first kappa shape index (κ1) is 16.9. The normalized spacial score (nSPS) is 21.9. The van der Waals surface area contributed by atoms with Crippen molar-refractivity contribution in [2.75, 3.05) is 27.2 Å². The number of aromatic nitrogens is 1. The third-order valence-corrected chi connectivity index (χ3v) is 5.28. The fourth-order valence-corrected chi connectivity index (χ4v) is 3.85. The zero-order valence-corrected chi connectivity index (χ0v) is 15.3. The van der Waals surface area contributed by atoms with E-state index in [2.05, 4.69) is 42.9 Å². The number of piperidine rings is 1. The Labute approximate surface area is 144 Å². The average molecular weight is 325 g/mol. The van der Waals surface area contributed by atoms with E-state index in [9.17, 15) is 4.79 Å². The Hall–Kier alpha value is -1.94. The van der Waals surface area contributed by atoms with Crippen LogP contribution in [0.5, 0.6) is 0 Å². The summed E-state index contributed by atoms with van der Waals surface area (Å²) in [5.74, 6) is 0.568. The Morgan fingerprint density at radius 2 is 2.04 bits per heavy atom. The molecule has 1 fully saturated rings. The number of rotatable bonds is 2. The first-order chi connectivity index (χ1) is 11.4. The van der Waals surface area contributed by atoms with Gasteiger partial charge in [0.05, 0.1) is 16.8 Å². The van der Waals surface area contributed by atoms with Crippen LogP contribution in [-0.4, -0.2) is 53.9 Å². The Morgan fingerprint density at radius 1 is 1.29 bits per heavy atom. The third-order valence-electron chi connectivity index (χ3n) is 5.28. The van der Waals surface area contributed by atoms with Crippen LogP contribution in [0, 0.1) is 19.8 Å². The van der Waals surface area contributed by atoms with Crippen molar-refractivity contribution < 1.29 is 4.79 Å². The van der Waals surface area contributed by atoms with E-state index in [0.29, 0.717) is 12.0 Å². The van der Waals surface area contributed by atoms with Crippen LogP contribution in [0.25, 0.3) is 10.9 Å². The van der Waals surface area contributed by atoms with Crippen LogP contribution in [-0.2, 0) is 0 Å². The lowest BCUT2D eigenvalue weighted by atomic mass is 9.92. The molecule has 2 heterocycles. The standard InChI is InChI=1S/C20H27N3O/c1-13-6-7-16-11-17(15(3)21-18(16)10-13)20(24)23(5)19-8-9-22(4)12-14(19)2/h6-7,10-11,14,19H,8-9,12H2,1-5H3/t14-,19-/m1/s1. The molecule has 1 aliphatic heterocycles. The number of hydrogen-bond acceptors (Lipinski definition) is 3. The van der Waals surface area contributed by atoms with Crippen molar-refractivity contribution in [2.45, 2.75) is 33.2 Å². The quantitative estimate of drug-likeness (QED) is 0.850. The van der Waals surface area contributed by atoms with Crippen LogP contribution in [0.3, 0.4) is 0 Å². The minimum absolute atomic E-state index is 0.0869. The molecule has 0 bridgehead atoms. The van der Waals surface area contributed by atoms with Gasteiger partial charge in [-0.3, -0.25) is 9.78 Å². The van der Waals surface area contributed by atoms with Gasteiger partial charge < -0.3 is 9.80 Å². The van der Waals surface area contributed by atoms with Crippen molar-refractivity contribution in [3.63, 3.8) is 0 Å². The van der Waals surface area contributed by atoms with Crippen molar-refractivity contribution in [1.82, 2.24) is 14.8 Å². The number of benzene rings is 1. The molecular formula is C20H27N3O. The van der Waals surface area contributed by atoms with E-state index in [-0.39, 0.29) is 5.91 Å². The van der Waals surface area contributed by atoms with Gasteiger partial charge in [0.2, 0.25) is 0 Å². The van der Waals surface area contributed by atoms with Gasteiger partial charge in [0.25, 0.3) is 5.91 Å². The van der Waals surface area contributed by atoms with E-state index in [1.807, 2.05) is 31.0 Å². The lowest BCUT2D eigenvalue weighted by molar-refractivity contribution is 0.0548. The number of likely N-dealkylation sites (tertiary alicyclic amines) is 1. The van der Waals surface area contributed by atoms with Crippen LogP contribution in [0.1, 0.15) is 35.0 Å². The Morgan fingerprint density at radius 3 is 2.75 bits per heavy atom. The van der Waals surface area contributed by atoms with Gasteiger partial charge in [-0.2, -0.15) is 0 Å². The molecule has 4 heteroatoms. The smallest absolute Gasteiger partial charge is 0.255 e. The maximum Gasteiger partial charge on any atom is 0.255 e. The Kier molecular flexibility index (Phi) is 4.59. The molecule has 3 rings (SSSR count). The van der Waals surface area contributed by atoms with Crippen molar-refractivity contribution in [3.05, 3.63) is 41.1 Å². The molecule has 1 saturated heterocycles. The minimum Gasteiger partial charge on any atom is -0.338 e. The highest BCUT2D eigenvalue weighted by Gasteiger charge is 2.31. The Balaban J connectivity index is 1.90. The first-order valence-corrected chi connectivity index (χ1v) is 8.70. The largest absolute Gasteiger partial charge is 0.338 e. The molecule has 1 amide bonds. The highest BCUT2D eigenvalue weighted by Crippen LogP contribution is 2.24. The number of amides is 1. The molecule has 1 aliphatic rings. The summed E-state index contributed by atoms with van der Waals surface area (Å²) in [4.78, 5) is 22.0. The summed E-state index contributed by atoms with van der Waals surface area (Å²) >= 11 is 0. The van der Waals surface area contributed by atoms with Crippen LogP contribution < -0.4 is 0 Å². The van der Waals surface area contributed by atoms with Crippen molar-refractivity contribution in [3.8, 4) is 0 Å². The summed E-state index contributed by atoms with van der Waals surface area (Å²) in [5.41, 5.74) is 3.68. The summed E-state index contributed by atoms with van der Waals surface area (Å²) in [6.07, 6.45) is 1.03. The van der Waals surface area contributed by atoms with Gasteiger partial charge in [0.15, 0.2) is 0 Å². The second-order valence-electron chi connectivity index (χ2n) is 7.33. The number of carbonyl (C=O) groups is 1. The molecule has 0 saturated carbocycles. The lowest BCUT2D eigenvalue weighted by Gasteiger charge is -2.40. The summed E-state index contributed by atoms with van der Waals surface area (Å²) in [6.45, 7) is 8.31. The van der Waals surface area contributed by atoms with Gasteiger partial charge in [-0.1, -0.05) is 19.1 Å². The molecule has 0 unspecified atom stereocenters. The number of pyridine rings is 1. The topological polar surface area (TPSA) is 36.4 Å². The predicted molar refractivity (Wildman–Crippen MR) is 98.4 cm³/mol. The highest BCUT2D eigenvalue weighted by molar-refractivity contribution is 5.98. The van der Waals surface area contributed by atoms with Crippen molar-refractivity contribution in [2.24, 2.45) is 5.92 Å². The van der Waals surface area contributed by atoms with Gasteiger partial charge in [-0.25, -0.2) is 0 Å². The van der Waals surface area contributed by atoms with E-state index < -0.39 is 0 Å². The highest BCUT2D eigenvalue weighted by atomic mass is 16.2. The summed E-state index contributed by atoms with van der Waals surface area (Å²) in [5, 5.41) is 1.03. The molecule has 4 nitrogen and oxygen atoms in total. The van der Waals surface area contributed by atoms with Crippen LogP contribution in [0.2, 0.25) is 0 Å². The van der Waals surface area contributed by atoms with E-state index in [1.54, 1.807) is 0 Å². The SMILES string of the molecule is Cc1ccc2cc(C(=O)N(C)[C@@H]3CCN(C)C[C@H]3C)c(C)nc2c1. The molecule has 1 aromatic carbocycles. The van der Waals surface area contributed by atoms with Crippen LogP contribution >= 0.6 is 0 Å². The molecule has 2 aromatic rings. The van der Waals surface area contributed by atoms with Crippen LogP contribution in [0.15, 0.2) is 24.3 Å². The van der Waals surface area contributed by atoms with Crippen LogP contribution in [0.4, 0.5) is 0 Å². The maximum atomic E-state index is 13.1. The molecule has 2 atom stereocenters. The van der Waals surface area contributed by atoms with Gasteiger partial charge in [0, 0.05) is 25.0 Å². The summed E-state index contributed by atoms with van der Waals surface area (Å²) in [6, 6.07) is 8.47. The fourth-order valence-electron chi connectivity index (χ4n) is 3.85. The zero-order chi connectivity index (χ0) is 17.4. The third kappa shape index (κ3) is 3.16. The predicted octanol–water partition coefficient (Wildman–Crippen LogP) is 3.26. The van der Waals surface area contributed by atoms with Gasteiger partial charge in [-0.15, -0.1) is 0 Å². The second-order valence-corrected chi connectivity index (χ2v) is 7.33. The van der Waals surface area contributed by atoms with E-state index in [4.69, 9.17) is 0 Å². The van der Waals surface area contributed by atoms with E-state index >= 15 is 0 Å². The fraction of sp³-hybridized carbons (Fsp3) is 0.500. The molecule has 24 heavy (non-hydrogen) atoms. The molecular weight excluding hydrogens is 298 g/mol.